The monoisotopic (exact) mass is 237 g/mol. The largest absolute Gasteiger partial charge is 0.377 e. The molecule has 1 aromatic rings. The molecular formula is C13H23N3O. The van der Waals surface area contributed by atoms with Gasteiger partial charge in [-0.2, -0.15) is 5.10 Å². The van der Waals surface area contributed by atoms with E-state index < -0.39 is 0 Å². The van der Waals surface area contributed by atoms with Crippen LogP contribution in [0.2, 0.25) is 0 Å². The molecular weight excluding hydrogens is 214 g/mol. The van der Waals surface area contributed by atoms with Crippen molar-refractivity contribution in [2.24, 2.45) is 18.7 Å². The summed E-state index contributed by atoms with van der Waals surface area (Å²) in [5.74, 6) is 0.680. The van der Waals surface area contributed by atoms with Crippen LogP contribution in [0.15, 0.2) is 6.07 Å². The van der Waals surface area contributed by atoms with Crippen molar-refractivity contribution in [3.8, 4) is 0 Å². The maximum absolute atomic E-state index is 6.29. The van der Waals surface area contributed by atoms with Crippen molar-refractivity contribution < 1.29 is 4.74 Å². The molecule has 2 rings (SSSR count). The molecule has 0 amide bonds. The fourth-order valence-corrected chi connectivity index (χ4v) is 2.44. The lowest BCUT2D eigenvalue weighted by atomic mass is 10.0. The van der Waals surface area contributed by atoms with Crippen LogP contribution in [0.25, 0.3) is 0 Å². The average Bonchev–Trinajstić information content (AvgIpc) is 3.03. The Hall–Kier alpha value is -0.870. The SMILES string of the molecule is CCOC(C(N)Cc1cc(C)nn1C)C1CC1. The Bertz CT molecular complexity index is 371. The molecule has 0 saturated heterocycles. The van der Waals surface area contributed by atoms with E-state index in [-0.39, 0.29) is 12.1 Å². The highest BCUT2D eigenvalue weighted by Gasteiger charge is 2.35. The summed E-state index contributed by atoms with van der Waals surface area (Å²) in [5, 5.41) is 4.35. The quantitative estimate of drug-likeness (QED) is 0.814. The average molecular weight is 237 g/mol. The molecule has 0 spiro atoms. The molecule has 1 saturated carbocycles. The van der Waals surface area contributed by atoms with Gasteiger partial charge in [0.25, 0.3) is 0 Å². The van der Waals surface area contributed by atoms with Crippen molar-refractivity contribution in [2.45, 2.75) is 45.3 Å². The van der Waals surface area contributed by atoms with Gasteiger partial charge in [-0.3, -0.25) is 4.68 Å². The van der Waals surface area contributed by atoms with Crippen LogP contribution < -0.4 is 5.73 Å². The van der Waals surface area contributed by atoms with Crippen molar-refractivity contribution >= 4 is 0 Å². The molecule has 0 radical (unpaired) electrons. The van der Waals surface area contributed by atoms with E-state index in [1.807, 2.05) is 25.6 Å². The highest BCUT2D eigenvalue weighted by atomic mass is 16.5. The third kappa shape index (κ3) is 3.07. The van der Waals surface area contributed by atoms with Crippen molar-refractivity contribution in [3.63, 3.8) is 0 Å². The molecule has 2 atom stereocenters. The summed E-state index contributed by atoms with van der Waals surface area (Å²) in [6.07, 6.45) is 3.60. The van der Waals surface area contributed by atoms with Crippen LogP contribution >= 0.6 is 0 Å². The van der Waals surface area contributed by atoms with E-state index >= 15 is 0 Å². The fraction of sp³-hybridized carbons (Fsp3) is 0.769. The van der Waals surface area contributed by atoms with Crippen LogP contribution in [-0.2, 0) is 18.2 Å². The number of nitrogens with two attached hydrogens (primary N) is 1. The van der Waals surface area contributed by atoms with Crippen LogP contribution in [0.5, 0.6) is 0 Å². The van der Waals surface area contributed by atoms with E-state index in [0.29, 0.717) is 5.92 Å². The minimum Gasteiger partial charge on any atom is -0.377 e. The molecule has 1 aromatic heterocycles. The normalized spacial score (nSPS) is 19.3. The Morgan fingerprint density at radius 2 is 2.29 bits per heavy atom. The van der Waals surface area contributed by atoms with Gasteiger partial charge in [-0.25, -0.2) is 0 Å². The number of nitrogens with zero attached hydrogens (tertiary/aromatic N) is 2. The van der Waals surface area contributed by atoms with Crippen LogP contribution in [0.3, 0.4) is 0 Å². The highest BCUT2D eigenvalue weighted by molar-refractivity contribution is 5.11. The van der Waals surface area contributed by atoms with Crippen LogP contribution in [0.4, 0.5) is 0 Å². The Balaban J connectivity index is 1.98. The van der Waals surface area contributed by atoms with Crippen LogP contribution in [-0.4, -0.2) is 28.5 Å². The maximum Gasteiger partial charge on any atom is 0.0757 e. The molecule has 1 heterocycles. The zero-order valence-electron chi connectivity index (χ0n) is 11.0. The third-order valence-corrected chi connectivity index (χ3v) is 3.41. The van der Waals surface area contributed by atoms with Crippen molar-refractivity contribution in [1.29, 1.82) is 0 Å². The van der Waals surface area contributed by atoms with Gasteiger partial charge in [0, 0.05) is 31.8 Å². The number of ether oxygens (including phenoxy) is 1. The van der Waals surface area contributed by atoms with Crippen LogP contribution in [0.1, 0.15) is 31.2 Å². The summed E-state index contributed by atoms with van der Waals surface area (Å²) < 4.78 is 7.71. The molecule has 96 valence electrons. The molecule has 4 nitrogen and oxygen atoms in total. The summed E-state index contributed by atoms with van der Waals surface area (Å²) in [7, 11) is 1.97. The first-order valence-electron chi connectivity index (χ1n) is 6.48. The molecule has 1 fully saturated rings. The number of rotatable bonds is 6. The summed E-state index contributed by atoms with van der Waals surface area (Å²) in [6.45, 7) is 4.80. The summed E-state index contributed by atoms with van der Waals surface area (Å²) >= 11 is 0. The molecule has 0 aliphatic heterocycles. The number of hydrogen-bond acceptors (Lipinski definition) is 3. The molecule has 1 aliphatic carbocycles. The number of hydrogen-bond donors (Lipinski definition) is 1. The van der Waals surface area contributed by atoms with Gasteiger partial charge in [0.1, 0.15) is 0 Å². The van der Waals surface area contributed by atoms with E-state index in [0.717, 1.165) is 18.7 Å². The molecule has 2 unspecified atom stereocenters. The zero-order chi connectivity index (χ0) is 12.4. The maximum atomic E-state index is 6.29. The number of aryl methyl sites for hydroxylation is 2. The first kappa shape index (κ1) is 12.6. The fourth-order valence-electron chi connectivity index (χ4n) is 2.44. The first-order valence-corrected chi connectivity index (χ1v) is 6.48. The predicted octanol–water partition coefficient (Wildman–Crippen LogP) is 1.41. The highest BCUT2D eigenvalue weighted by Crippen LogP contribution is 2.36. The lowest BCUT2D eigenvalue weighted by Crippen LogP contribution is -2.40. The van der Waals surface area contributed by atoms with Gasteiger partial charge in [0.15, 0.2) is 0 Å². The molecule has 17 heavy (non-hydrogen) atoms. The van der Waals surface area contributed by atoms with Gasteiger partial charge in [0.2, 0.25) is 0 Å². The molecule has 1 aliphatic rings. The van der Waals surface area contributed by atoms with Crippen molar-refractivity contribution in [2.75, 3.05) is 6.61 Å². The smallest absolute Gasteiger partial charge is 0.0757 e. The van der Waals surface area contributed by atoms with Gasteiger partial charge < -0.3 is 10.5 Å². The summed E-state index contributed by atoms with van der Waals surface area (Å²) in [6, 6.07) is 2.19. The van der Waals surface area contributed by atoms with Gasteiger partial charge in [0.05, 0.1) is 11.8 Å². The van der Waals surface area contributed by atoms with Crippen molar-refractivity contribution in [3.05, 3.63) is 17.5 Å². The van der Waals surface area contributed by atoms with Gasteiger partial charge >= 0.3 is 0 Å². The van der Waals surface area contributed by atoms with E-state index in [1.54, 1.807) is 0 Å². The van der Waals surface area contributed by atoms with Gasteiger partial charge in [-0.1, -0.05) is 0 Å². The number of aromatic nitrogens is 2. The third-order valence-electron chi connectivity index (χ3n) is 3.41. The Morgan fingerprint density at radius 1 is 1.59 bits per heavy atom. The van der Waals surface area contributed by atoms with Crippen LogP contribution in [0, 0.1) is 12.8 Å². The van der Waals surface area contributed by atoms with Crippen molar-refractivity contribution in [1.82, 2.24) is 9.78 Å². The standard InChI is InChI=1S/C13H23N3O/c1-4-17-13(10-5-6-10)12(14)8-11-7-9(2)15-16(11)3/h7,10,12-13H,4-6,8,14H2,1-3H3. The predicted molar refractivity (Wildman–Crippen MR) is 67.8 cm³/mol. The van der Waals surface area contributed by atoms with Gasteiger partial charge in [-0.15, -0.1) is 0 Å². The second kappa shape index (κ2) is 5.19. The Labute approximate surface area is 103 Å². The minimum absolute atomic E-state index is 0.0808. The zero-order valence-corrected chi connectivity index (χ0v) is 11.0. The van der Waals surface area contributed by atoms with E-state index in [1.165, 1.54) is 18.5 Å². The summed E-state index contributed by atoms with van der Waals surface area (Å²) in [4.78, 5) is 0. The summed E-state index contributed by atoms with van der Waals surface area (Å²) in [5.41, 5.74) is 8.53. The molecule has 0 bridgehead atoms. The Morgan fingerprint density at radius 3 is 2.76 bits per heavy atom. The minimum atomic E-state index is 0.0808. The Kier molecular flexibility index (Phi) is 3.84. The molecule has 0 aromatic carbocycles. The lowest BCUT2D eigenvalue weighted by Gasteiger charge is -2.23. The lowest BCUT2D eigenvalue weighted by molar-refractivity contribution is 0.0284. The van der Waals surface area contributed by atoms with E-state index in [2.05, 4.69) is 11.2 Å². The first-order chi connectivity index (χ1) is 8.11. The van der Waals surface area contributed by atoms with E-state index in [4.69, 9.17) is 10.5 Å². The molecule has 2 N–H and O–H groups in total. The second-order valence-electron chi connectivity index (χ2n) is 5.03. The topological polar surface area (TPSA) is 53.1 Å². The second-order valence-corrected chi connectivity index (χ2v) is 5.03. The van der Waals surface area contributed by atoms with E-state index in [9.17, 15) is 0 Å². The molecule has 4 heteroatoms. The van der Waals surface area contributed by atoms with Gasteiger partial charge in [-0.05, 0) is 38.7 Å².